The summed E-state index contributed by atoms with van der Waals surface area (Å²) in [5.74, 6) is 0.370. The lowest BCUT2D eigenvalue weighted by Gasteiger charge is -2.33. The molecule has 40 heavy (non-hydrogen) atoms. The van der Waals surface area contributed by atoms with Gasteiger partial charge >= 0.3 is 0 Å². The SMILES string of the molecule is CC1(C)C(=O)Nc2cc(Nc3ncnc(-c4ccc(OC5CCN(C(=O)[C@H](O)CF)CC5)c(C#N)c4)n3)ccc21. The first-order valence-electron chi connectivity index (χ1n) is 12.9. The van der Waals surface area contributed by atoms with Gasteiger partial charge in [-0.2, -0.15) is 10.2 Å². The molecule has 206 valence electrons. The van der Waals surface area contributed by atoms with E-state index in [1.54, 1.807) is 18.2 Å². The van der Waals surface area contributed by atoms with Crippen LogP contribution in [0.25, 0.3) is 11.4 Å². The molecule has 1 aromatic heterocycles. The smallest absolute Gasteiger partial charge is 0.254 e. The maximum absolute atomic E-state index is 12.6. The predicted molar refractivity (Wildman–Crippen MR) is 144 cm³/mol. The second kappa shape index (κ2) is 10.9. The van der Waals surface area contributed by atoms with Crippen molar-refractivity contribution in [3.8, 4) is 23.2 Å². The molecule has 1 atom stereocenters. The molecule has 0 radical (unpaired) electrons. The standard InChI is InChI=1S/C28H28FN7O4/c1-28(2)20-5-4-18(12-21(20)34-26(28)39)33-27-32-15-31-24(35-27)16-3-6-23(17(11-16)14-30)40-19-7-9-36(10-8-19)25(38)22(37)13-29/h3-6,11-12,15,19,22,37H,7-10,13H2,1-2H3,(H,34,39)(H,31,32,33,35)/t22-/m1/s1. The van der Waals surface area contributed by atoms with E-state index < -0.39 is 24.1 Å². The Bertz CT molecular complexity index is 1500. The van der Waals surface area contributed by atoms with Gasteiger partial charge < -0.3 is 25.4 Å². The van der Waals surface area contributed by atoms with E-state index in [1.807, 2.05) is 32.0 Å². The van der Waals surface area contributed by atoms with E-state index in [2.05, 4.69) is 31.7 Å². The number of anilines is 3. The van der Waals surface area contributed by atoms with Crippen LogP contribution < -0.4 is 15.4 Å². The third kappa shape index (κ3) is 5.28. The lowest BCUT2D eigenvalue weighted by atomic mass is 9.86. The van der Waals surface area contributed by atoms with Crippen LogP contribution in [0.2, 0.25) is 0 Å². The summed E-state index contributed by atoms with van der Waals surface area (Å²) < 4.78 is 18.7. The Morgan fingerprint density at radius 3 is 2.77 bits per heavy atom. The van der Waals surface area contributed by atoms with Crippen LogP contribution in [0.5, 0.6) is 5.75 Å². The van der Waals surface area contributed by atoms with Crippen LogP contribution in [0.15, 0.2) is 42.7 Å². The van der Waals surface area contributed by atoms with Gasteiger partial charge in [0.2, 0.25) is 11.9 Å². The monoisotopic (exact) mass is 545 g/mol. The molecular formula is C28H28FN7O4. The van der Waals surface area contributed by atoms with E-state index in [4.69, 9.17) is 4.74 Å². The van der Waals surface area contributed by atoms with Crippen molar-refractivity contribution >= 4 is 29.1 Å². The van der Waals surface area contributed by atoms with Gasteiger partial charge in [0.05, 0.1) is 11.0 Å². The van der Waals surface area contributed by atoms with Gasteiger partial charge in [-0.3, -0.25) is 9.59 Å². The van der Waals surface area contributed by atoms with Crippen molar-refractivity contribution in [2.75, 3.05) is 30.4 Å². The summed E-state index contributed by atoms with van der Waals surface area (Å²) in [5.41, 5.74) is 2.65. The van der Waals surface area contributed by atoms with E-state index in [1.165, 1.54) is 11.2 Å². The topological polar surface area (TPSA) is 153 Å². The minimum Gasteiger partial charge on any atom is -0.489 e. The second-order valence-corrected chi connectivity index (χ2v) is 10.2. The van der Waals surface area contributed by atoms with Crippen molar-refractivity contribution in [3.63, 3.8) is 0 Å². The number of piperidine rings is 1. The first kappa shape index (κ1) is 27.0. The molecule has 5 rings (SSSR count). The van der Waals surface area contributed by atoms with Gasteiger partial charge in [0.25, 0.3) is 5.91 Å². The van der Waals surface area contributed by atoms with Crippen molar-refractivity contribution in [1.82, 2.24) is 19.9 Å². The Morgan fingerprint density at radius 1 is 1.27 bits per heavy atom. The van der Waals surface area contributed by atoms with Gasteiger partial charge in [-0.15, -0.1) is 0 Å². The number of rotatable bonds is 7. The molecule has 0 aliphatic carbocycles. The molecule has 2 aromatic carbocycles. The van der Waals surface area contributed by atoms with E-state index in [0.717, 1.165) is 11.3 Å². The lowest BCUT2D eigenvalue weighted by Crippen LogP contribution is -2.46. The molecule has 12 heteroatoms. The van der Waals surface area contributed by atoms with E-state index >= 15 is 0 Å². The van der Waals surface area contributed by atoms with Gasteiger partial charge in [0.15, 0.2) is 11.9 Å². The number of amides is 2. The predicted octanol–water partition coefficient (Wildman–Crippen LogP) is 3.08. The summed E-state index contributed by atoms with van der Waals surface area (Å²) in [4.78, 5) is 38.6. The van der Waals surface area contributed by atoms with Crippen LogP contribution in [0, 0.1) is 11.3 Å². The maximum atomic E-state index is 12.6. The normalized spacial score (nSPS) is 17.0. The molecule has 2 amide bonds. The van der Waals surface area contributed by atoms with Crippen LogP contribution in [0.3, 0.4) is 0 Å². The van der Waals surface area contributed by atoms with E-state index in [0.29, 0.717) is 60.3 Å². The zero-order valence-electron chi connectivity index (χ0n) is 22.0. The average molecular weight is 546 g/mol. The second-order valence-electron chi connectivity index (χ2n) is 10.2. The van der Waals surface area contributed by atoms with Gasteiger partial charge in [-0.05, 0) is 49.7 Å². The molecule has 3 N–H and O–H groups in total. The molecule has 0 unspecified atom stereocenters. The molecule has 3 aromatic rings. The van der Waals surface area contributed by atoms with Gasteiger partial charge in [0, 0.05) is 42.9 Å². The lowest BCUT2D eigenvalue weighted by molar-refractivity contribution is -0.142. The van der Waals surface area contributed by atoms with Crippen LogP contribution in [0.1, 0.15) is 37.8 Å². The number of hydrogen-bond donors (Lipinski definition) is 3. The Hall–Kier alpha value is -4.63. The highest BCUT2D eigenvalue weighted by atomic mass is 19.1. The maximum Gasteiger partial charge on any atom is 0.254 e. The highest BCUT2D eigenvalue weighted by Crippen LogP contribution is 2.39. The highest BCUT2D eigenvalue weighted by Gasteiger charge is 2.38. The number of nitriles is 1. The number of benzene rings is 2. The summed E-state index contributed by atoms with van der Waals surface area (Å²) in [6, 6.07) is 12.8. The Labute approximate surface area is 230 Å². The summed E-state index contributed by atoms with van der Waals surface area (Å²) >= 11 is 0. The minimum atomic E-state index is -1.63. The number of carbonyl (C=O) groups excluding carboxylic acids is 2. The van der Waals surface area contributed by atoms with Crippen LogP contribution in [-0.4, -0.2) is 68.7 Å². The van der Waals surface area contributed by atoms with Crippen molar-refractivity contribution in [3.05, 3.63) is 53.9 Å². The number of nitrogens with one attached hydrogen (secondary N) is 2. The van der Waals surface area contributed by atoms with Crippen molar-refractivity contribution in [2.45, 2.75) is 44.3 Å². The number of carbonyl (C=O) groups is 2. The number of aliphatic hydroxyl groups excluding tert-OH is 1. The highest BCUT2D eigenvalue weighted by molar-refractivity contribution is 6.06. The molecule has 2 aliphatic heterocycles. The van der Waals surface area contributed by atoms with E-state index in [-0.39, 0.29) is 12.0 Å². The number of hydrogen-bond acceptors (Lipinski definition) is 9. The molecule has 0 bridgehead atoms. The Balaban J connectivity index is 1.27. The number of ether oxygens (including phenoxy) is 1. The first-order chi connectivity index (χ1) is 19.2. The average Bonchev–Trinajstić information content (AvgIpc) is 3.19. The van der Waals surface area contributed by atoms with E-state index in [9.17, 15) is 24.3 Å². The zero-order chi connectivity index (χ0) is 28.4. The van der Waals surface area contributed by atoms with Crippen LogP contribution in [-0.2, 0) is 15.0 Å². The number of likely N-dealkylation sites (tertiary alicyclic amines) is 1. The summed E-state index contributed by atoms with van der Waals surface area (Å²) in [7, 11) is 0. The number of alkyl halides is 1. The van der Waals surface area contributed by atoms with Crippen molar-refractivity contribution in [1.29, 1.82) is 5.26 Å². The van der Waals surface area contributed by atoms with Crippen LogP contribution in [0.4, 0.5) is 21.7 Å². The van der Waals surface area contributed by atoms with Gasteiger partial charge in [-0.25, -0.2) is 14.4 Å². The fourth-order valence-electron chi connectivity index (χ4n) is 4.81. The van der Waals surface area contributed by atoms with Gasteiger partial charge in [-0.1, -0.05) is 6.07 Å². The number of fused-ring (bicyclic) bond motifs is 1. The number of halogens is 1. The summed E-state index contributed by atoms with van der Waals surface area (Å²) in [6.45, 7) is 3.29. The molecule has 2 aliphatic rings. The molecular weight excluding hydrogens is 517 g/mol. The molecule has 1 fully saturated rings. The first-order valence-corrected chi connectivity index (χ1v) is 12.9. The number of aromatic nitrogens is 3. The zero-order valence-corrected chi connectivity index (χ0v) is 22.0. The number of nitrogens with zero attached hydrogens (tertiary/aromatic N) is 5. The molecule has 1 saturated heterocycles. The van der Waals surface area contributed by atoms with Crippen LogP contribution >= 0.6 is 0 Å². The molecule has 0 saturated carbocycles. The number of aliphatic hydroxyl groups is 1. The third-order valence-electron chi connectivity index (χ3n) is 7.17. The summed E-state index contributed by atoms with van der Waals surface area (Å²) in [5, 5.41) is 25.2. The third-order valence-corrected chi connectivity index (χ3v) is 7.17. The fourth-order valence-corrected chi connectivity index (χ4v) is 4.81. The minimum absolute atomic E-state index is 0.0585. The fraction of sp³-hybridized carbons (Fsp3) is 0.357. The molecule has 3 heterocycles. The molecule has 0 spiro atoms. The van der Waals surface area contributed by atoms with Crippen molar-refractivity contribution < 1.29 is 23.8 Å². The summed E-state index contributed by atoms with van der Waals surface area (Å²) in [6.07, 6.45) is 0.479. The molecule has 11 nitrogen and oxygen atoms in total. The Kier molecular flexibility index (Phi) is 7.32. The van der Waals surface area contributed by atoms with Gasteiger partial charge in [0.1, 0.15) is 30.9 Å². The Morgan fingerprint density at radius 2 is 2.05 bits per heavy atom. The van der Waals surface area contributed by atoms with Crippen molar-refractivity contribution in [2.24, 2.45) is 0 Å². The quantitative estimate of drug-likeness (QED) is 0.406. The largest absolute Gasteiger partial charge is 0.489 e.